The number of hydrogen-bond acceptors (Lipinski definition) is 6. The Bertz CT molecular complexity index is 1090. The number of benzene rings is 1. The number of aliphatic hydroxyl groups excluding tert-OH is 2. The minimum absolute atomic E-state index is 0.0849. The molecule has 3 aromatic rings. The van der Waals surface area contributed by atoms with Crippen molar-refractivity contribution < 1.29 is 24.9 Å². The number of hydrogen-bond donors (Lipinski definition) is 3. The second-order valence-corrected chi connectivity index (χ2v) is 7.55. The Morgan fingerprint density at radius 1 is 1.27 bits per heavy atom. The summed E-state index contributed by atoms with van der Waals surface area (Å²) in [6.45, 7) is 3.65. The molecule has 1 aromatic carbocycles. The number of carboxylic acids is 1. The summed E-state index contributed by atoms with van der Waals surface area (Å²) in [5, 5.41) is 33.0. The van der Waals surface area contributed by atoms with E-state index in [2.05, 4.69) is 5.10 Å². The quantitative estimate of drug-likeness (QED) is 0.488. The molecule has 2 unspecified atom stereocenters. The normalized spacial score (nSPS) is 13.5. The summed E-state index contributed by atoms with van der Waals surface area (Å²) in [5.74, 6) is -0.342. The highest BCUT2D eigenvalue weighted by Crippen LogP contribution is 2.30. The first-order valence-electron chi connectivity index (χ1n) is 9.66. The van der Waals surface area contributed by atoms with Crippen LogP contribution in [0.4, 0.5) is 0 Å². The lowest BCUT2D eigenvalue weighted by molar-refractivity contribution is -0.141. The van der Waals surface area contributed by atoms with Crippen LogP contribution in [0.2, 0.25) is 0 Å². The van der Waals surface area contributed by atoms with Crippen molar-refractivity contribution in [2.24, 2.45) is 5.92 Å². The van der Waals surface area contributed by atoms with Gasteiger partial charge in [0.2, 0.25) is 0 Å². The van der Waals surface area contributed by atoms with Crippen molar-refractivity contribution in [1.29, 1.82) is 0 Å². The molecule has 2 atom stereocenters. The van der Waals surface area contributed by atoms with E-state index in [0.29, 0.717) is 5.75 Å². The highest BCUT2D eigenvalue weighted by atomic mass is 16.5. The Kier molecular flexibility index (Phi) is 6.53. The molecule has 2 heterocycles. The first kappa shape index (κ1) is 21.5. The summed E-state index contributed by atoms with van der Waals surface area (Å²) in [7, 11) is 0. The van der Waals surface area contributed by atoms with Crippen molar-refractivity contribution in [3.63, 3.8) is 0 Å². The first-order chi connectivity index (χ1) is 14.3. The highest BCUT2D eigenvalue weighted by Gasteiger charge is 2.23. The Morgan fingerprint density at radius 3 is 2.67 bits per heavy atom. The minimum atomic E-state index is -1.11. The second kappa shape index (κ2) is 9.10. The summed E-state index contributed by atoms with van der Waals surface area (Å²) < 4.78 is 8.60. The van der Waals surface area contributed by atoms with E-state index in [4.69, 9.17) is 9.84 Å². The Hall–Kier alpha value is -3.17. The van der Waals surface area contributed by atoms with Gasteiger partial charge in [0, 0.05) is 17.6 Å². The molecule has 160 valence electrons. The number of rotatable bonds is 9. The van der Waals surface area contributed by atoms with Crippen molar-refractivity contribution in [3.05, 3.63) is 53.1 Å². The summed E-state index contributed by atoms with van der Waals surface area (Å²) >= 11 is 0. The average Bonchev–Trinajstić information content (AvgIpc) is 3.10. The van der Waals surface area contributed by atoms with Gasteiger partial charge in [0.05, 0.1) is 31.0 Å². The molecular formula is C21H25N3O6. The smallest absolute Gasteiger partial charge is 0.328 e. The van der Waals surface area contributed by atoms with Crippen molar-refractivity contribution in [1.82, 2.24) is 14.3 Å². The van der Waals surface area contributed by atoms with Gasteiger partial charge in [-0.25, -0.2) is 9.48 Å². The third kappa shape index (κ3) is 4.69. The zero-order valence-electron chi connectivity index (χ0n) is 16.8. The maximum Gasteiger partial charge on any atom is 0.328 e. The van der Waals surface area contributed by atoms with Crippen LogP contribution in [0, 0.1) is 5.92 Å². The van der Waals surface area contributed by atoms with E-state index in [1.807, 2.05) is 26.0 Å². The number of aliphatic carboxylic acids is 1. The monoisotopic (exact) mass is 415 g/mol. The van der Waals surface area contributed by atoms with Crippen molar-refractivity contribution in [2.75, 3.05) is 6.61 Å². The molecule has 9 heteroatoms. The molecule has 0 saturated carbocycles. The Morgan fingerprint density at radius 2 is 2.03 bits per heavy atom. The van der Waals surface area contributed by atoms with Gasteiger partial charge in [-0.2, -0.15) is 5.10 Å². The molecule has 3 rings (SSSR count). The summed E-state index contributed by atoms with van der Waals surface area (Å²) in [5.41, 5.74) is 0.237. The third-order valence-electron chi connectivity index (χ3n) is 4.70. The van der Waals surface area contributed by atoms with Gasteiger partial charge in [0.25, 0.3) is 5.56 Å². The Labute approximate surface area is 172 Å². The fourth-order valence-electron chi connectivity index (χ4n) is 3.30. The highest BCUT2D eigenvalue weighted by molar-refractivity contribution is 5.86. The zero-order chi connectivity index (χ0) is 21.8. The lowest BCUT2D eigenvalue weighted by Gasteiger charge is -2.16. The summed E-state index contributed by atoms with van der Waals surface area (Å²) in [4.78, 5) is 24.0. The molecule has 2 aromatic heterocycles. The van der Waals surface area contributed by atoms with Gasteiger partial charge in [0.15, 0.2) is 11.8 Å². The SMILES string of the molecule is CC(C)CC(C(=O)O)n1ncc(Oc2cccc3c2ccn3CC(O)CO)cc1=O. The van der Waals surface area contributed by atoms with Crippen LogP contribution in [0.15, 0.2) is 47.5 Å². The fraction of sp³-hybridized carbons (Fsp3) is 0.381. The van der Waals surface area contributed by atoms with Gasteiger partial charge in [-0.1, -0.05) is 19.9 Å². The van der Waals surface area contributed by atoms with E-state index in [9.17, 15) is 19.8 Å². The van der Waals surface area contributed by atoms with Gasteiger partial charge < -0.3 is 24.6 Å². The van der Waals surface area contributed by atoms with Crippen molar-refractivity contribution in [2.45, 2.75) is 39.0 Å². The number of ether oxygens (including phenoxy) is 1. The van der Waals surface area contributed by atoms with Gasteiger partial charge in [-0.3, -0.25) is 4.79 Å². The fourth-order valence-corrected chi connectivity index (χ4v) is 3.30. The van der Waals surface area contributed by atoms with Crippen LogP contribution < -0.4 is 10.3 Å². The van der Waals surface area contributed by atoms with Crippen LogP contribution in [0.1, 0.15) is 26.3 Å². The van der Waals surface area contributed by atoms with Gasteiger partial charge in [-0.05, 0) is 30.5 Å². The second-order valence-electron chi connectivity index (χ2n) is 7.55. The van der Waals surface area contributed by atoms with Crippen LogP contribution in [0.5, 0.6) is 11.5 Å². The molecular weight excluding hydrogens is 390 g/mol. The zero-order valence-corrected chi connectivity index (χ0v) is 16.8. The average molecular weight is 415 g/mol. The molecule has 0 aliphatic heterocycles. The van der Waals surface area contributed by atoms with Gasteiger partial charge in [-0.15, -0.1) is 0 Å². The van der Waals surface area contributed by atoms with Crippen LogP contribution in [0.25, 0.3) is 10.9 Å². The molecule has 3 N–H and O–H groups in total. The number of aliphatic hydroxyl groups is 2. The molecule has 0 spiro atoms. The van der Waals surface area contributed by atoms with Crippen molar-refractivity contribution >= 4 is 16.9 Å². The van der Waals surface area contributed by atoms with E-state index in [-0.39, 0.29) is 31.2 Å². The standard InChI is InChI=1S/C21H25N3O6/c1-13(2)8-18(21(28)29)24-20(27)9-15(10-22-24)30-19-5-3-4-17-16(19)6-7-23(17)11-14(26)12-25/h3-7,9-10,13-14,18,25-26H,8,11-12H2,1-2H3,(H,28,29). The lowest BCUT2D eigenvalue weighted by atomic mass is 10.0. The van der Waals surface area contributed by atoms with E-state index >= 15 is 0 Å². The first-order valence-corrected chi connectivity index (χ1v) is 9.66. The van der Waals surface area contributed by atoms with E-state index in [1.165, 1.54) is 12.3 Å². The molecule has 0 aliphatic carbocycles. The number of carboxylic acid groups (broad SMARTS) is 1. The minimum Gasteiger partial charge on any atom is -0.480 e. The summed E-state index contributed by atoms with van der Waals surface area (Å²) in [6.07, 6.45) is 2.50. The molecule has 0 saturated heterocycles. The molecule has 0 bridgehead atoms. The maximum absolute atomic E-state index is 12.5. The van der Waals surface area contributed by atoms with E-state index in [0.717, 1.165) is 15.6 Å². The molecule has 0 amide bonds. The Balaban J connectivity index is 1.88. The summed E-state index contributed by atoms with van der Waals surface area (Å²) in [6, 6.07) is 7.35. The molecule has 30 heavy (non-hydrogen) atoms. The van der Waals surface area contributed by atoms with E-state index < -0.39 is 23.7 Å². The van der Waals surface area contributed by atoms with Gasteiger partial charge in [0.1, 0.15) is 5.75 Å². The third-order valence-corrected chi connectivity index (χ3v) is 4.70. The number of aromatic nitrogens is 3. The predicted molar refractivity (Wildman–Crippen MR) is 110 cm³/mol. The molecule has 0 radical (unpaired) electrons. The van der Waals surface area contributed by atoms with Crippen LogP contribution >= 0.6 is 0 Å². The van der Waals surface area contributed by atoms with Crippen molar-refractivity contribution in [3.8, 4) is 11.5 Å². The lowest BCUT2D eigenvalue weighted by Crippen LogP contribution is -2.32. The predicted octanol–water partition coefficient (Wildman–Crippen LogP) is 2.02. The number of fused-ring (bicyclic) bond motifs is 1. The number of nitrogens with zero attached hydrogens (tertiary/aromatic N) is 3. The molecule has 9 nitrogen and oxygen atoms in total. The maximum atomic E-state index is 12.5. The number of carbonyl (C=O) groups is 1. The van der Waals surface area contributed by atoms with E-state index in [1.54, 1.807) is 22.9 Å². The van der Waals surface area contributed by atoms with Gasteiger partial charge >= 0.3 is 5.97 Å². The van der Waals surface area contributed by atoms with Crippen LogP contribution in [0.3, 0.4) is 0 Å². The molecule has 0 aliphatic rings. The van der Waals surface area contributed by atoms with Crippen LogP contribution in [-0.4, -0.2) is 48.3 Å². The van der Waals surface area contributed by atoms with Crippen LogP contribution in [-0.2, 0) is 11.3 Å². The molecule has 0 fully saturated rings. The topological polar surface area (TPSA) is 127 Å². The largest absolute Gasteiger partial charge is 0.480 e.